The number of piperidine rings is 1. The number of rotatable bonds is 5. The van der Waals surface area contributed by atoms with Gasteiger partial charge in [-0.2, -0.15) is 0 Å². The molecule has 0 radical (unpaired) electrons. The molecule has 0 spiro atoms. The minimum absolute atomic E-state index is 0.0467. The van der Waals surface area contributed by atoms with Gasteiger partial charge in [-0.1, -0.05) is 18.3 Å². The molecule has 3 amide bonds. The molecule has 0 atom stereocenters. The van der Waals surface area contributed by atoms with Crippen LogP contribution in [0.4, 0.5) is 18.6 Å². The average molecular weight is 423 g/mol. The summed E-state index contributed by atoms with van der Waals surface area (Å²) in [5, 5.41) is 3.71. The predicted molar refractivity (Wildman–Crippen MR) is 109 cm³/mol. The van der Waals surface area contributed by atoms with Gasteiger partial charge in [0.05, 0.1) is 6.20 Å². The Morgan fingerprint density at radius 2 is 1.90 bits per heavy atom. The highest BCUT2D eigenvalue weighted by Crippen LogP contribution is 2.30. The molecule has 1 fully saturated rings. The number of hydrogen-bond acceptors (Lipinski definition) is 4. The number of thiazole rings is 1. The molecular weight excluding hydrogens is 398 g/mol. The number of anilines is 1. The molecule has 1 aromatic carbocycles. The number of hydrogen-bond donors (Lipinski definition) is 1. The summed E-state index contributed by atoms with van der Waals surface area (Å²) in [6.45, 7) is 3.28. The Morgan fingerprint density at radius 3 is 2.52 bits per heavy atom. The van der Waals surface area contributed by atoms with E-state index < -0.39 is 11.6 Å². The largest absolute Gasteiger partial charge is 0.343 e. The van der Waals surface area contributed by atoms with E-state index in [0.717, 1.165) is 36.7 Å². The molecule has 6 nitrogen and oxygen atoms in total. The van der Waals surface area contributed by atoms with Crippen LogP contribution in [0.1, 0.15) is 32.6 Å². The maximum atomic E-state index is 13.4. The summed E-state index contributed by atoms with van der Waals surface area (Å²) in [5.41, 5.74) is 0.325. The van der Waals surface area contributed by atoms with E-state index in [9.17, 15) is 18.4 Å². The molecule has 2 aromatic rings. The highest BCUT2D eigenvalue weighted by Gasteiger charge is 2.27. The zero-order chi connectivity index (χ0) is 21.0. The van der Waals surface area contributed by atoms with Gasteiger partial charge in [-0.05, 0) is 31.4 Å². The predicted octanol–water partition coefficient (Wildman–Crippen LogP) is 4.34. The molecule has 2 heterocycles. The van der Waals surface area contributed by atoms with Crippen molar-refractivity contribution in [2.75, 3.05) is 25.5 Å². The summed E-state index contributed by atoms with van der Waals surface area (Å²) in [5.74, 6) is -1.18. The fraction of sp³-hybridized carbons (Fsp3) is 0.450. The molecule has 0 saturated carbocycles. The number of carbonyl (C=O) groups excluding carboxylic acids is 2. The zero-order valence-corrected chi connectivity index (χ0v) is 17.3. The lowest BCUT2D eigenvalue weighted by molar-refractivity contribution is -0.132. The van der Waals surface area contributed by atoms with E-state index in [-0.39, 0.29) is 18.0 Å². The third-order valence-corrected chi connectivity index (χ3v) is 5.96. The van der Waals surface area contributed by atoms with E-state index in [1.165, 1.54) is 18.3 Å². The van der Waals surface area contributed by atoms with E-state index in [0.29, 0.717) is 35.1 Å². The van der Waals surface area contributed by atoms with Crippen molar-refractivity contribution in [2.24, 2.45) is 0 Å². The molecule has 1 N–H and O–H groups in total. The summed E-state index contributed by atoms with van der Waals surface area (Å²) in [7, 11) is 1.73. The summed E-state index contributed by atoms with van der Waals surface area (Å²) < 4.78 is 26.8. The Hall–Kier alpha value is -2.55. The molecule has 1 saturated heterocycles. The minimum atomic E-state index is -0.677. The first kappa shape index (κ1) is 21.2. The van der Waals surface area contributed by atoms with Crippen LogP contribution in [-0.2, 0) is 4.79 Å². The summed E-state index contributed by atoms with van der Waals surface area (Å²) in [6, 6.07) is 2.98. The van der Waals surface area contributed by atoms with E-state index in [1.807, 2.05) is 11.8 Å². The van der Waals surface area contributed by atoms with Crippen LogP contribution in [-0.4, -0.2) is 52.9 Å². The normalized spacial score (nSPS) is 14.7. The molecule has 156 valence electrons. The number of benzene rings is 1. The number of nitrogens with one attached hydrogen (secondary N) is 1. The molecule has 0 unspecified atom stereocenters. The second-order valence-corrected chi connectivity index (χ2v) is 8.12. The van der Waals surface area contributed by atoms with Crippen LogP contribution in [0.5, 0.6) is 0 Å². The quantitative estimate of drug-likeness (QED) is 0.779. The maximum absolute atomic E-state index is 13.4. The minimum Gasteiger partial charge on any atom is -0.343 e. The molecule has 29 heavy (non-hydrogen) atoms. The highest BCUT2D eigenvalue weighted by atomic mass is 32.1. The van der Waals surface area contributed by atoms with Crippen molar-refractivity contribution in [3.8, 4) is 10.6 Å². The monoisotopic (exact) mass is 422 g/mol. The first-order valence-electron chi connectivity index (χ1n) is 9.61. The summed E-state index contributed by atoms with van der Waals surface area (Å²) >= 11 is 1.15. The van der Waals surface area contributed by atoms with Crippen LogP contribution >= 0.6 is 11.3 Å². The van der Waals surface area contributed by atoms with Crippen molar-refractivity contribution in [3.63, 3.8) is 0 Å². The van der Waals surface area contributed by atoms with Gasteiger partial charge in [0.2, 0.25) is 5.91 Å². The van der Waals surface area contributed by atoms with E-state index in [1.54, 1.807) is 11.9 Å². The number of carbonyl (C=O) groups is 2. The summed E-state index contributed by atoms with van der Waals surface area (Å²) in [4.78, 5) is 32.2. The Kier molecular flexibility index (Phi) is 6.79. The van der Waals surface area contributed by atoms with Gasteiger partial charge in [0.1, 0.15) is 21.6 Å². The second-order valence-electron chi connectivity index (χ2n) is 7.09. The number of likely N-dealkylation sites (tertiary alicyclic amines) is 1. The van der Waals surface area contributed by atoms with Crippen molar-refractivity contribution in [1.29, 1.82) is 0 Å². The molecule has 1 aliphatic rings. The van der Waals surface area contributed by atoms with Gasteiger partial charge < -0.3 is 9.80 Å². The number of aromatic nitrogens is 1. The Bertz CT molecular complexity index is 861. The van der Waals surface area contributed by atoms with Gasteiger partial charge in [0.25, 0.3) is 0 Å². The number of amides is 3. The van der Waals surface area contributed by atoms with E-state index in [4.69, 9.17) is 0 Å². The van der Waals surface area contributed by atoms with Crippen LogP contribution in [0.25, 0.3) is 10.6 Å². The van der Waals surface area contributed by atoms with Gasteiger partial charge in [0.15, 0.2) is 0 Å². The molecule has 3 rings (SSSR count). The zero-order valence-electron chi connectivity index (χ0n) is 16.5. The van der Waals surface area contributed by atoms with Gasteiger partial charge in [-0.15, -0.1) is 0 Å². The van der Waals surface area contributed by atoms with Crippen molar-refractivity contribution in [3.05, 3.63) is 36.0 Å². The van der Waals surface area contributed by atoms with Crippen molar-refractivity contribution in [1.82, 2.24) is 14.8 Å². The lowest BCUT2D eigenvalue weighted by Gasteiger charge is -2.36. The fourth-order valence-electron chi connectivity index (χ4n) is 3.38. The van der Waals surface area contributed by atoms with Crippen molar-refractivity contribution in [2.45, 2.75) is 38.6 Å². The molecular formula is C20H24F2N4O2S. The SMILES string of the molecule is CCCC(=O)N1CCC(N(C)C(=O)Nc2cnc(-c3cc(F)cc(F)c3)s2)CC1. The van der Waals surface area contributed by atoms with Gasteiger partial charge in [-0.3, -0.25) is 10.1 Å². The molecule has 1 aromatic heterocycles. The third-order valence-electron chi connectivity index (χ3n) is 4.99. The smallest absolute Gasteiger partial charge is 0.322 e. The number of urea groups is 1. The van der Waals surface area contributed by atoms with Crippen LogP contribution in [0.3, 0.4) is 0 Å². The Labute approximate surface area is 172 Å². The van der Waals surface area contributed by atoms with Crippen molar-refractivity contribution >= 4 is 28.3 Å². The lowest BCUT2D eigenvalue weighted by Crippen LogP contribution is -2.48. The number of nitrogens with zero attached hydrogens (tertiary/aromatic N) is 3. The van der Waals surface area contributed by atoms with Crippen LogP contribution in [0.15, 0.2) is 24.4 Å². The first-order valence-corrected chi connectivity index (χ1v) is 10.4. The van der Waals surface area contributed by atoms with Gasteiger partial charge in [0, 0.05) is 44.2 Å². The van der Waals surface area contributed by atoms with Crippen LogP contribution < -0.4 is 5.32 Å². The fourth-order valence-corrected chi connectivity index (χ4v) is 4.17. The standard InChI is InChI=1S/C20H24F2N4O2S/c1-3-4-18(27)26-7-5-16(6-8-26)25(2)20(28)24-17-12-23-19(29-17)13-9-14(21)11-15(22)10-13/h9-12,16H,3-8H2,1-2H3,(H,24,28). The Balaban J connectivity index is 1.57. The second kappa shape index (κ2) is 9.30. The molecule has 9 heteroatoms. The van der Waals surface area contributed by atoms with Gasteiger partial charge >= 0.3 is 6.03 Å². The van der Waals surface area contributed by atoms with E-state index in [2.05, 4.69) is 10.3 Å². The Morgan fingerprint density at radius 1 is 1.24 bits per heavy atom. The number of halogens is 2. The summed E-state index contributed by atoms with van der Waals surface area (Å²) in [6.07, 6.45) is 4.33. The third kappa shape index (κ3) is 5.29. The molecule has 1 aliphatic heterocycles. The van der Waals surface area contributed by atoms with Crippen LogP contribution in [0, 0.1) is 11.6 Å². The maximum Gasteiger partial charge on any atom is 0.322 e. The molecule has 0 bridgehead atoms. The first-order chi connectivity index (χ1) is 13.9. The van der Waals surface area contributed by atoms with Crippen molar-refractivity contribution < 1.29 is 18.4 Å². The van der Waals surface area contributed by atoms with Gasteiger partial charge in [-0.25, -0.2) is 18.6 Å². The van der Waals surface area contributed by atoms with E-state index >= 15 is 0 Å². The molecule has 0 aliphatic carbocycles. The lowest BCUT2D eigenvalue weighted by atomic mass is 10.0. The topological polar surface area (TPSA) is 65.5 Å². The van der Waals surface area contributed by atoms with Crippen LogP contribution in [0.2, 0.25) is 0 Å². The highest BCUT2D eigenvalue weighted by molar-refractivity contribution is 7.19. The average Bonchev–Trinajstić information content (AvgIpc) is 3.15.